The second kappa shape index (κ2) is 5.32. The lowest BCUT2D eigenvalue weighted by atomic mass is 10.2. The van der Waals surface area contributed by atoms with Gasteiger partial charge in [-0.15, -0.1) is 0 Å². The SMILES string of the molecule is O=C(NOC1CCCC1)c1ccc2nccnc2c1. The molecule has 19 heavy (non-hydrogen) atoms. The Labute approximate surface area is 111 Å². The number of amides is 1. The van der Waals surface area contributed by atoms with Crippen LogP contribution < -0.4 is 5.48 Å². The minimum Gasteiger partial charge on any atom is -0.270 e. The molecule has 5 heteroatoms. The van der Waals surface area contributed by atoms with Crippen LogP contribution in [-0.2, 0) is 4.84 Å². The lowest BCUT2D eigenvalue weighted by Gasteiger charge is -2.11. The van der Waals surface area contributed by atoms with Gasteiger partial charge in [-0.2, -0.15) is 0 Å². The van der Waals surface area contributed by atoms with E-state index in [0.717, 1.165) is 18.4 Å². The average Bonchev–Trinajstić information content (AvgIpc) is 2.97. The lowest BCUT2D eigenvalue weighted by Crippen LogP contribution is -2.28. The van der Waals surface area contributed by atoms with E-state index in [9.17, 15) is 4.79 Å². The van der Waals surface area contributed by atoms with Crippen LogP contribution in [0.2, 0.25) is 0 Å². The molecule has 1 heterocycles. The summed E-state index contributed by atoms with van der Waals surface area (Å²) >= 11 is 0. The Kier molecular flexibility index (Phi) is 3.37. The van der Waals surface area contributed by atoms with Crippen molar-refractivity contribution in [1.29, 1.82) is 0 Å². The first-order valence-electron chi connectivity index (χ1n) is 6.50. The number of rotatable bonds is 3. The third kappa shape index (κ3) is 2.71. The van der Waals surface area contributed by atoms with Gasteiger partial charge in [0.1, 0.15) is 0 Å². The van der Waals surface area contributed by atoms with E-state index < -0.39 is 0 Å². The van der Waals surface area contributed by atoms with E-state index in [4.69, 9.17) is 4.84 Å². The minimum absolute atomic E-state index is 0.157. The van der Waals surface area contributed by atoms with Crippen molar-refractivity contribution in [2.45, 2.75) is 31.8 Å². The predicted octanol–water partition coefficient (Wildman–Crippen LogP) is 2.23. The number of nitrogens with zero attached hydrogens (tertiary/aromatic N) is 2. The maximum absolute atomic E-state index is 12.0. The Hall–Kier alpha value is -2.01. The number of benzene rings is 1. The normalized spacial score (nSPS) is 15.8. The molecule has 2 aromatic rings. The van der Waals surface area contributed by atoms with E-state index in [2.05, 4.69) is 15.4 Å². The van der Waals surface area contributed by atoms with E-state index in [1.54, 1.807) is 30.6 Å². The van der Waals surface area contributed by atoms with Crippen LogP contribution >= 0.6 is 0 Å². The third-order valence-corrected chi connectivity index (χ3v) is 3.35. The standard InChI is InChI=1S/C14H15N3O2/c18-14(17-19-11-3-1-2-4-11)10-5-6-12-13(9-10)16-8-7-15-12/h5-9,11H,1-4H2,(H,17,18). The molecule has 1 aliphatic carbocycles. The molecule has 1 fully saturated rings. The number of carbonyl (C=O) groups is 1. The number of nitrogens with one attached hydrogen (secondary N) is 1. The number of carbonyl (C=O) groups excluding carboxylic acids is 1. The Morgan fingerprint density at radius 3 is 2.68 bits per heavy atom. The maximum atomic E-state index is 12.0. The van der Waals surface area contributed by atoms with E-state index >= 15 is 0 Å². The summed E-state index contributed by atoms with van der Waals surface area (Å²) in [6.07, 6.45) is 7.78. The fraction of sp³-hybridized carbons (Fsp3) is 0.357. The van der Waals surface area contributed by atoms with Gasteiger partial charge in [-0.3, -0.25) is 19.6 Å². The second-order valence-corrected chi connectivity index (χ2v) is 4.72. The maximum Gasteiger partial charge on any atom is 0.274 e. The van der Waals surface area contributed by atoms with Gasteiger partial charge in [0.2, 0.25) is 0 Å². The van der Waals surface area contributed by atoms with Gasteiger partial charge in [-0.25, -0.2) is 5.48 Å². The zero-order valence-electron chi connectivity index (χ0n) is 10.5. The van der Waals surface area contributed by atoms with Crippen molar-refractivity contribution >= 4 is 16.9 Å². The van der Waals surface area contributed by atoms with Gasteiger partial charge in [0, 0.05) is 18.0 Å². The van der Waals surface area contributed by atoms with Crippen molar-refractivity contribution in [3.05, 3.63) is 36.2 Å². The van der Waals surface area contributed by atoms with Crippen LogP contribution in [0.15, 0.2) is 30.6 Å². The first kappa shape index (κ1) is 12.0. The van der Waals surface area contributed by atoms with Crippen LogP contribution in [0.1, 0.15) is 36.0 Å². The van der Waals surface area contributed by atoms with Crippen LogP contribution in [0.5, 0.6) is 0 Å². The molecule has 1 N–H and O–H groups in total. The summed E-state index contributed by atoms with van der Waals surface area (Å²) in [6, 6.07) is 5.23. The Morgan fingerprint density at radius 1 is 1.16 bits per heavy atom. The molecule has 0 atom stereocenters. The van der Waals surface area contributed by atoms with Gasteiger partial charge >= 0.3 is 0 Å². The van der Waals surface area contributed by atoms with Crippen LogP contribution in [-0.4, -0.2) is 22.0 Å². The molecule has 1 aliphatic rings. The molecule has 0 saturated heterocycles. The summed E-state index contributed by atoms with van der Waals surface area (Å²) < 4.78 is 0. The quantitative estimate of drug-likeness (QED) is 0.856. The highest BCUT2D eigenvalue weighted by molar-refractivity contribution is 5.96. The summed E-state index contributed by atoms with van der Waals surface area (Å²) in [5.74, 6) is -0.237. The largest absolute Gasteiger partial charge is 0.274 e. The minimum atomic E-state index is -0.237. The summed E-state index contributed by atoms with van der Waals surface area (Å²) in [5, 5.41) is 0. The fourth-order valence-corrected chi connectivity index (χ4v) is 2.31. The summed E-state index contributed by atoms with van der Waals surface area (Å²) in [5.41, 5.74) is 4.53. The first-order chi connectivity index (χ1) is 9.33. The predicted molar refractivity (Wildman–Crippen MR) is 70.3 cm³/mol. The zero-order valence-corrected chi connectivity index (χ0v) is 10.5. The highest BCUT2D eigenvalue weighted by Gasteiger charge is 2.17. The van der Waals surface area contributed by atoms with Crippen molar-refractivity contribution in [3.63, 3.8) is 0 Å². The molecule has 0 bridgehead atoms. The van der Waals surface area contributed by atoms with E-state index in [1.807, 2.05) is 0 Å². The number of fused-ring (bicyclic) bond motifs is 1. The zero-order chi connectivity index (χ0) is 13.1. The van der Waals surface area contributed by atoms with Gasteiger partial charge in [0.25, 0.3) is 5.91 Å². The summed E-state index contributed by atoms with van der Waals surface area (Å²) in [6.45, 7) is 0. The highest BCUT2D eigenvalue weighted by Crippen LogP contribution is 2.20. The molecular weight excluding hydrogens is 242 g/mol. The van der Waals surface area contributed by atoms with E-state index in [-0.39, 0.29) is 12.0 Å². The molecule has 0 unspecified atom stereocenters. The van der Waals surface area contributed by atoms with E-state index in [0.29, 0.717) is 11.1 Å². The summed E-state index contributed by atoms with van der Waals surface area (Å²) in [7, 11) is 0. The van der Waals surface area contributed by atoms with Crippen LogP contribution in [0.3, 0.4) is 0 Å². The fourth-order valence-electron chi connectivity index (χ4n) is 2.31. The van der Waals surface area contributed by atoms with Gasteiger partial charge in [-0.05, 0) is 31.0 Å². The molecule has 0 spiro atoms. The third-order valence-electron chi connectivity index (χ3n) is 3.35. The Balaban J connectivity index is 1.70. The molecule has 1 saturated carbocycles. The second-order valence-electron chi connectivity index (χ2n) is 4.72. The average molecular weight is 257 g/mol. The van der Waals surface area contributed by atoms with Crippen molar-refractivity contribution < 1.29 is 9.63 Å². The number of hydrogen-bond acceptors (Lipinski definition) is 4. The molecule has 1 aromatic carbocycles. The molecule has 0 radical (unpaired) electrons. The van der Waals surface area contributed by atoms with Gasteiger partial charge in [-0.1, -0.05) is 12.8 Å². The van der Waals surface area contributed by atoms with Gasteiger partial charge in [0.05, 0.1) is 17.1 Å². The molecule has 5 nitrogen and oxygen atoms in total. The molecule has 3 rings (SSSR count). The number of hydrogen-bond donors (Lipinski definition) is 1. The summed E-state index contributed by atoms with van der Waals surface area (Å²) in [4.78, 5) is 25.7. The van der Waals surface area contributed by atoms with Crippen molar-refractivity contribution in [2.24, 2.45) is 0 Å². The van der Waals surface area contributed by atoms with Crippen LogP contribution in [0, 0.1) is 0 Å². The van der Waals surface area contributed by atoms with Gasteiger partial charge in [0.15, 0.2) is 0 Å². The smallest absolute Gasteiger partial charge is 0.270 e. The van der Waals surface area contributed by atoms with Crippen molar-refractivity contribution in [1.82, 2.24) is 15.4 Å². The monoisotopic (exact) mass is 257 g/mol. The van der Waals surface area contributed by atoms with Crippen molar-refractivity contribution in [3.8, 4) is 0 Å². The number of hydroxylamine groups is 1. The van der Waals surface area contributed by atoms with Crippen molar-refractivity contribution in [2.75, 3.05) is 0 Å². The first-order valence-corrected chi connectivity index (χ1v) is 6.50. The molecule has 1 aromatic heterocycles. The molecule has 1 amide bonds. The lowest BCUT2D eigenvalue weighted by molar-refractivity contribution is -0.0124. The molecular formula is C14H15N3O2. The molecule has 0 aliphatic heterocycles. The van der Waals surface area contributed by atoms with E-state index in [1.165, 1.54) is 12.8 Å². The Morgan fingerprint density at radius 2 is 1.89 bits per heavy atom. The molecule has 98 valence electrons. The van der Waals surface area contributed by atoms with Crippen LogP contribution in [0.4, 0.5) is 0 Å². The topological polar surface area (TPSA) is 64.1 Å². The van der Waals surface area contributed by atoms with Gasteiger partial charge < -0.3 is 0 Å². The van der Waals surface area contributed by atoms with Crippen LogP contribution in [0.25, 0.3) is 11.0 Å². The number of aromatic nitrogens is 2. The Bertz CT molecular complexity index is 594. The highest BCUT2D eigenvalue weighted by atomic mass is 16.7.